The molecule has 29 heavy (non-hydrogen) atoms. The lowest BCUT2D eigenvalue weighted by molar-refractivity contribution is -0.171. The van der Waals surface area contributed by atoms with Gasteiger partial charge in [0.25, 0.3) is 0 Å². The van der Waals surface area contributed by atoms with E-state index in [4.69, 9.17) is 9.47 Å². The van der Waals surface area contributed by atoms with Crippen molar-refractivity contribution in [2.24, 2.45) is 23.2 Å². The molecule has 0 radical (unpaired) electrons. The minimum Gasteiger partial charge on any atom is -0.462 e. The van der Waals surface area contributed by atoms with Gasteiger partial charge >= 0.3 is 11.9 Å². The molecular weight excluding hydrogens is 368 g/mol. The van der Waals surface area contributed by atoms with Crippen LogP contribution in [0.15, 0.2) is 24.3 Å². The molecule has 5 nitrogen and oxygen atoms in total. The van der Waals surface area contributed by atoms with E-state index >= 15 is 0 Å². The van der Waals surface area contributed by atoms with E-state index < -0.39 is 17.3 Å². The van der Waals surface area contributed by atoms with Gasteiger partial charge in [-0.25, -0.2) is 0 Å². The van der Waals surface area contributed by atoms with Gasteiger partial charge in [0, 0.05) is 32.1 Å². The van der Waals surface area contributed by atoms with Crippen molar-refractivity contribution < 1.29 is 24.2 Å². The Kier molecular flexibility index (Phi) is 7.04. The van der Waals surface area contributed by atoms with Crippen LogP contribution in [0.25, 0.3) is 0 Å². The maximum atomic E-state index is 12.0. The van der Waals surface area contributed by atoms with Gasteiger partial charge in [0.05, 0.1) is 5.60 Å². The summed E-state index contributed by atoms with van der Waals surface area (Å²) < 4.78 is 11.5. The van der Waals surface area contributed by atoms with Crippen molar-refractivity contribution in [3.8, 4) is 0 Å². The first-order chi connectivity index (χ1) is 13.3. The molecule has 164 valence electrons. The van der Waals surface area contributed by atoms with Crippen LogP contribution in [0, 0.1) is 23.2 Å². The average molecular weight is 407 g/mol. The first-order valence-corrected chi connectivity index (χ1v) is 10.7. The van der Waals surface area contributed by atoms with Crippen molar-refractivity contribution in [3.05, 3.63) is 24.3 Å². The summed E-state index contributed by atoms with van der Waals surface area (Å²) in [6.45, 7) is 12.8. The Morgan fingerprint density at radius 2 is 1.79 bits per heavy atom. The highest BCUT2D eigenvalue weighted by molar-refractivity contribution is 5.67. The number of rotatable bonds is 3. The van der Waals surface area contributed by atoms with Crippen LogP contribution in [0.5, 0.6) is 0 Å². The van der Waals surface area contributed by atoms with Crippen LogP contribution in [-0.2, 0) is 19.1 Å². The first kappa shape index (κ1) is 23.7. The Balaban J connectivity index is 2.57. The predicted molar refractivity (Wildman–Crippen MR) is 113 cm³/mol. The normalized spacial score (nSPS) is 40.3. The number of ether oxygens (including phenoxy) is 2. The number of carbonyl (C=O) groups excluding carboxylic acids is 2. The second-order valence-electron chi connectivity index (χ2n) is 10.1. The zero-order chi connectivity index (χ0) is 22.0. The number of hydrogen-bond donors (Lipinski definition) is 1. The zero-order valence-electron chi connectivity index (χ0n) is 19.0. The molecule has 5 heteroatoms. The summed E-state index contributed by atoms with van der Waals surface area (Å²) in [7, 11) is 0. The molecule has 6 atom stereocenters. The third-order valence-electron chi connectivity index (χ3n) is 6.61. The minimum atomic E-state index is -1.09. The van der Waals surface area contributed by atoms with Crippen molar-refractivity contribution in [2.75, 3.05) is 0 Å². The molecule has 0 spiro atoms. The van der Waals surface area contributed by atoms with E-state index in [0.29, 0.717) is 12.3 Å². The summed E-state index contributed by atoms with van der Waals surface area (Å²) in [5, 5.41) is 11.0. The number of fused-ring (bicyclic) bond motifs is 1. The van der Waals surface area contributed by atoms with Crippen LogP contribution in [0.4, 0.5) is 0 Å². The maximum absolute atomic E-state index is 12.0. The Bertz CT molecular complexity index is 675. The topological polar surface area (TPSA) is 72.8 Å². The summed E-state index contributed by atoms with van der Waals surface area (Å²) in [5.74, 6) is -0.419. The largest absolute Gasteiger partial charge is 0.462 e. The molecule has 0 aliphatic heterocycles. The van der Waals surface area contributed by atoms with Gasteiger partial charge in [-0.2, -0.15) is 0 Å². The fourth-order valence-electron chi connectivity index (χ4n) is 5.31. The molecule has 0 saturated heterocycles. The second kappa shape index (κ2) is 8.63. The van der Waals surface area contributed by atoms with Crippen LogP contribution in [-0.4, -0.2) is 34.4 Å². The van der Waals surface area contributed by atoms with E-state index in [1.54, 1.807) is 6.92 Å². The van der Waals surface area contributed by atoms with Crippen molar-refractivity contribution in [3.63, 3.8) is 0 Å². The standard InChI is InChI=1S/C24H38O5/c1-16-9-8-12-24(7,27)15-20(28-17(2)25)21-19(22(4,5)29-18(3)26)11-14-23(21,6)13-10-16/h8,10,12-13,16,19-21,27H,9,11,14-15H2,1-7H3/b12-8+,13-10+/t16-,19-,20+,21?,23+,24-/m1/s1. The van der Waals surface area contributed by atoms with Gasteiger partial charge in [-0.3, -0.25) is 9.59 Å². The summed E-state index contributed by atoms with van der Waals surface area (Å²) in [5.41, 5.74) is -2.02. The molecule has 2 aliphatic rings. The fourth-order valence-corrected chi connectivity index (χ4v) is 5.31. The number of aliphatic hydroxyl groups is 1. The van der Waals surface area contributed by atoms with Gasteiger partial charge in [-0.1, -0.05) is 38.2 Å². The molecular formula is C24H38O5. The quantitative estimate of drug-likeness (QED) is 0.548. The lowest BCUT2D eigenvalue weighted by atomic mass is 9.68. The molecule has 1 N–H and O–H groups in total. The molecule has 1 saturated carbocycles. The lowest BCUT2D eigenvalue weighted by Gasteiger charge is -2.44. The third-order valence-corrected chi connectivity index (χ3v) is 6.61. The number of carbonyl (C=O) groups is 2. The van der Waals surface area contributed by atoms with Crippen LogP contribution >= 0.6 is 0 Å². The smallest absolute Gasteiger partial charge is 0.303 e. The van der Waals surface area contributed by atoms with E-state index in [-0.39, 0.29) is 29.2 Å². The maximum Gasteiger partial charge on any atom is 0.303 e. The van der Waals surface area contributed by atoms with E-state index in [2.05, 4.69) is 26.0 Å². The highest BCUT2D eigenvalue weighted by atomic mass is 16.6. The van der Waals surface area contributed by atoms with E-state index in [9.17, 15) is 14.7 Å². The van der Waals surface area contributed by atoms with Crippen molar-refractivity contribution in [1.82, 2.24) is 0 Å². The van der Waals surface area contributed by atoms with Crippen molar-refractivity contribution >= 4 is 11.9 Å². The Hall–Kier alpha value is -1.62. The van der Waals surface area contributed by atoms with Crippen LogP contribution in [0.1, 0.15) is 74.1 Å². The van der Waals surface area contributed by atoms with Crippen molar-refractivity contribution in [2.45, 2.75) is 91.5 Å². The Morgan fingerprint density at radius 3 is 2.38 bits per heavy atom. The van der Waals surface area contributed by atoms with Gasteiger partial charge in [-0.15, -0.1) is 0 Å². The van der Waals surface area contributed by atoms with Crippen LogP contribution in [0.2, 0.25) is 0 Å². The monoisotopic (exact) mass is 406 g/mol. The molecule has 0 aromatic rings. The fraction of sp³-hybridized carbons (Fsp3) is 0.750. The molecule has 1 fully saturated rings. The Morgan fingerprint density at radius 1 is 1.14 bits per heavy atom. The number of hydrogen-bond acceptors (Lipinski definition) is 5. The predicted octanol–water partition coefficient (Wildman–Crippen LogP) is 4.59. The summed E-state index contributed by atoms with van der Waals surface area (Å²) in [6.07, 6.45) is 10.7. The molecule has 0 heterocycles. The van der Waals surface area contributed by atoms with Gasteiger partial charge in [-0.05, 0) is 51.4 Å². The molecule has 0 amide bonds. The molecule has 2 rings (SSSR count). The van der Waals surface area contributed by atoms with Crippen LogP contribution < -0.4 is 0 Å². The number of allylic oxidation sites excluding steroid dienone is 3. The first-order valence-electron chi connectivity index (χ1n) is 10.7. The highest BCUT2D eigenvalue weighted by Crippen LogP contribution is 2.55. The molecule has 0 bridgehead atoms. The Labute approximate surface area is 175 Å². The highest BCUT2D eigenvalue weighted by Gasteiger charge is 2.55. The van der Waals surface area contributed by atoms with Gasteiger partial charge in [0.2, 0.25) is 0 Å². The van der Waals surface area contributed by atoms with Gasteiger partial charge in [0.1, 0.15) is 11.7 Å². The zero-order valence-corrected chi connectivity index (χ0v) is 19.0. The van der Waals surface area contributed by atoms with Gasteiger partial charge in [0.15, 0.2) is 0 Å². The summed E-state index contributed by atoms with van der Waals surface area (Å²) >= 11 is 0. The van der Waals surface area contributed by atoms with Crippen molar-refractivity contribution in [1.29, 1.82) is 0 Å². The number of esters is 2. The minimum absolute atomic E-state index is 0.00115. The van der Waals surface area contributed by atoms with Gasteiger partial charge < -0.3 is 14.6 Å². The molecule has 0 aromatic heterocycles. The van der Waals surface area contributed by atoms with Crippen LogP contribution in [0.3, 0.4) is 0 Å². The third kappa shape index (κ3) is 5.94. The average Bonchev–Trinajstić information content (AvgIpc) is 2.88. The summed E-state index contributed by atoms with van der Waals surface area (Å²) in [4.78, 5) is 23.8. The molecule has 1 unspecified atom stereocenters. The molecule has 2 aliphatic carbocycles. The molecule has 0 aromatic carbocycles. The van der Waals surface area contributed by atoms with E-state index in [1.165, 1.54) is 13.8 Å². The second-order valence-corrected chi connectivity index (χ2v) is 10.1. The van der Waals surface area contributed by atoms with E-state index in [1.807, 2.05) is 26.0 Å². The van der Waals surface area contributed by atoms with E-state index in [0.717, 1.165) is 19.3 Å². The SMILES string of the molecule is CC(=O)O[C@H]1C[C@](C)(O)/C=C/C[C@@H](C)/C=C/[C@@]2(C)CC[C@@H](C(C)(C)OC(C)=O)C12. The summed E-state index contributed by atoms with van der Waals surface area (Å²) in [6, 6.07) is 0. The lowest BCUT2D eigenvalue weighted by Crippen LogP contribution is -2.48.